The number of ether oxygens (including phenoxy) is 1. The van der Waals surface area contributed by atoms with E-state index in [9.17, 15) is 9.59 Å². The van der Waals surface area contributed by atoms with Gasteiger partial charge >= 0.3 is 5.97 Å². The highest BCUT2D eigenvalue weighted by Gasteiger charge is 2.16. The van der Waals surface area contributed by atoms with Gasteiger partial charge in [-0.3, -0.25) is 4.79 Å². The third-order valence-electron chi connectivity index (χ3n) is 4.75. The molecule has 0 aliphatic rings. The summed E-state index contributed by atoms with van der Waals surface area (Å²) < 4.78 is 6.33. The zero-order chi connectivity index (χ0) is 21.3. The van der Waals surface area contributed by atoms with Crippen LogP contribution in [0.5, 0.6) is 0 Å². The molecule has 0 atom stereocenters. The first-order chi connectivity index (χ1) is 14.5. The molecule has 4 rings (SSSR count). The van der Waals surface area contributed by atoms with Crippen molar-refractivity contribution < 1.29 is 14.3 Å². The van der Waals surface area contributed by atoms with Crippen molar-refractivity contribution in [1.82, 2.24) is 14.8 Å². The van der Waals surface area contributed by atoms with Gasteiger partial charge in [-0.15, -0.1) is 0 Å². The molecule has 0 aliphatic heterocycles. The van der Waals surface area contributed by atoms with Crippen molar-refractivity contribution in [3.05, 3.63) is 83.0 Å². The molecule has 0 fully saturated rings. The number of esters is 1. The number of fused-ring (bicyclic) bond motifs is 1. The summed E-state index contributed by atoms with van der Waals surface area (Å²) >= 11 is 0. The van der Waals surface area contributed by atoms with Gasteiger partial charge in [0.1, 0.15) is 5.82 Å². The third-order valence-corrected chi connectivity index (χ3v) is 4.75. The second-order valence-corrected chi connectivity index (χ2v) is 6.92. The Morgan fingerprint density at radius 3 is 2.53 bits per heavy atom. The summed E-state index contributed by atoms with van der Waals surface area (Å²) in [5, 5.41) is 8.43. The van der Waals surface area contributed by atoms with Gasteiger partial charge < -0.3 is 10.1 Å². The van der Waals surface area contributed by atoms with E-state index in [0.717, 1.165) is 22.2 Å². The van der Waals surface area contributed by atoms with Crippen LogP contribution in [0.2, 0.25) is 0 Å². The third kappa shape index (κ3) is 3.65. The Morgan fingerprint density at radius 2 is 1.73 bits per heavy atom. The lowest BCUT2D eigenvalue weighted by molar-refractivity contribution is 0.0600. The highest BCUT2D eigenvalue weighted by molar-refractivity contribution is 6.05. The van der Waals surface area contributed by atoms with Gasteiger partial charge in [0.15, 0.2) is 5.82 Å². The number of hydrogen-bond acceptors (Lipinski definition) is 5. The number of benzene rings is 2. The van der Waals surface area contributed by atoms with Gasteiger partial charge in [0.2, 0.25) is 0 Å². The van der Waals surface area contributed by atoms with Crippen molar-refractivity contribution in [2.75, 3.05) is 12.4 Å². The van der Waals surface area contributed by atoms with Crippen LogP contribution in [0.3, 0.4) is 0 Å². The maximum Gasteiger partial charge on any atom is 0.337 e. The molecule has 2 aromatic heterocycles. The normalized spacial score (nSPS) is 10.8. The van der Waals surface area contributed by atoms with Gasteiger partial charge in [-0.1, -0.05) is 24.3 Å². The fraction of sp³-hybridized carbons (Fsp3) is 0.130. The van der Waals surface area contributed by atoms with Crippen molar-refractivity contribution in [2.24, 2.45) is 0 Å². The molecule has 0 saturated carbocycles. The Hall–Kier alpha value is -4.00. The van der Waals surface area contributed by atoms with E-state index in [1.807, 2.05) is 44.2 Å². The SMILES string of the molecule is COC(=O)c1cccc(C(=O)Nc2cc(C)nn2-c2cc(C)c3ccccc3n2)c1. The molecule has 4 aromatic rings. The number of rotatable bonds is 4. The first-order valence-electron chi connectivity index (χ1n) is 9.39. The molecule has 30 heavy (non-hydrogen) atoms. The number of nitrogens with zero attached hydrogens (tertiary/aromatic N) is 3. The van der Waals surface area contributed by atoms with E-state index in [0.29, 0.717) is 22.8 Å². The number of hydrogen-bond donors (Lipinski definition) is 1. The van der Waals surface area contributed by atoms with Crippen LogP contribution in [-0.2, 0) is 4.74 Å². The Bertz CT molecular complexity index is 1280. The Labute approximate surface area is 173 Å². The second kappa shape index (κ2) is 7.79. The van der Waals surface area contributed by atoms with Crippen LogP contribution >= 0.6 is 0 Å². The quantitative estimate of drug-likeness (QED) is 0.522. The lowest BCUT2D eigenvalue weighted by atomic mass is 10.1. The summed E-state index contributed by atoms with van der Waals surface area (Å²) in [5.41, 5.74) is 3.30. The van der Waals surface area contributed by atoms with Crippen molar-refractivity contribution in [3.8, 4) is 5.82 Å². The summed E-state index contributed by atoms with van der Waals surface area (Å²) in [6.07, 6.45) is 0. The summed E-state index contributed by atoms with van der Waals surface area (Å²) in [4.78, 5) is 29.3. The molecule has 7 nitrogen and oxygen atoms in total. The number of amides is 1. The molecule has 0 radical (unpaired) electrons. The summed E-state index contributed by atoms with van der Waals surface area (Å²) in [7, 11) is 1.30. The predicted octanol–water partition coefficient (Wildman–Crippen LogP) is 4.08. The molecule has 0 bridgehead atoms. The van der Waals surface area contributed by atoms with Crippen molar-refractivity contribution >= 4 is 28.6 Å². The predicted molar refractivity (Wildman–Crippen MR) is 114 cm³/mol. The first-order valence-corrected chi connectivity index (χ1v) is 9.39. The van der Waals surface area contributed by atoms with E-state index >= 15 is 0 Å². The number of aryl methyl sites for hydroxylation is 2. The molecule has 1 N–H and O–H groups in total. The number of pyridine rings is 1. The zero-order valence-corrected chi connectivity index (χ0v) is 16.8. The minimum absolute atomic E-state index is 0.307. The molecule has 0 aliphatic carbocycles. The Balaban J connectivity index is 1.69. The fourth-order valence-corrected chi connectivity index (χ4v) is 3.30. The molecule has 1 amide bonds. The van der Waals surface area contributed by atoms with Crippen molar-refractivity contribution in [2.45, 2.75) is 13.8 Å². The van der Waals surface area contributed by atoms with Crippen molar-refractivity contribution in [3.63, 3.8) is 0 Å². The number of aromatic nitrogens is 3. The average Bonchev–Trinajstić information content (AvgIpc) is 3.13. The highest BCUT2D eigenvalue weighted by atomic mass is 16.5. The Kier molecular flexibility index (Phi) is 5.02. The number of methoxy groups -OCH3 is 1. The fourth-order valence-electron chi connectivity index (χ4n) is 3.30. The molecular formula is C23H20N4O3. The van der Waals surface area contributed by atoms with E-state index in [1.165, 1.54) is 13.2 Å². The van der Waals surface area contributed by atoms with Crippen LogP contribution in [0.1, 0.15) is 32.0 Å². The molecule has 0 saturated heterocycles. The minimum Gasteiger partial charge on any atom is -0.465 e. The highest BCUT2D eigenvalue weighted by Crippen LogP contribution is 2.23. The maximum atomic E-state index is 12.8. The standard InChI is InChI=1S/C23H20N4O3/c1-14-11-20(24-19-10-5-4-9-18(14)19)27-21(12-15(2)26-27)25-22(28)16-7-6-8-17(13-16)23(29)30-3/h4-13H,1-3H3,(H,25,28). The smallest absolute Gasteiger partial charge is 0.337 e. The molecule has 2 aromatic carbocycles. The molecule has 2 heterocycles. The van der Waals surface area contributed by atoms with Gasteiger partial charge in [0.25, 0.3) is 5.91 Å². The monoisotopic (exact) mass is 400 g/mol. The lowest BCUT2D eigenvalue weighted by Crippen LogP contribution is -2.16. The van der Waals surface area contributed by atoms with Gasteiger partial charge in [0.05, 0.1) is 23.9 Å². The van der Waals surface area contributed by atoms with Gasteiger partial charge in [-0.05, 0) is 49.7 Å². The van der Waals surface area contributed by atoms with Crippen LogP contribution in [-0.4, -0.2) is 33.8 Å². The van der Waals surface area contributed by atoms with Crippen LogP contribution in [0.25, 0.3) is 16.7 Å². The minimum atomic E-state index is -0.499. The van der Waals surface area contributed by atoms with Gasteiger partial charge in [-0.25, -0.2) is 9.78 Å². The second-order valence-electron chi connectivity index (χ2n) is 6.92. The van der Waals surface area contributed by atoms with E-state index in [4.69, 9.17) is 9.72 Å². The zero-order valence-electron chi connectivity index (χ0n) is 16.8. The van der Waals surface area contributed by atoms with E-state index < -0.39 is 5.97 Å². The van der Waals surface area contributed by atoms with E-state index in [-0.39, 0.29) is 5.91 Å². The number of para-hydroxylation sites is 1. The lowest BCUT2D eigenvalue weighted by Gasteiger charge is -2.11. The number of anilines is 1. The molecule has 0 spiro atoms. The van der Waals surface area contributed by atoms with Crippen LogP contribution < -0.4 is 5.32 Å². The van der Waals surface area contributed by atoms with Crippen LogP contribution in [0.4, 0.5) is 5.82 Å². The Morgan fingerprint density at radius 1 is 0.967 bits per heavy atom. The number of carbonyl (C=O) groups excluding carboxylic acids is 2. The summed E-state index contributed by atoms with van der Waals surface area (Å²) in [5.74, 6) is 0.238. The van der Waals surface area contributed by atoms with Gasteiger partial charge in [0, 0.05) is 17.0 Å². The largest absolute Gasteiger partial charge is 0.465 e. The topological polar surface area (TPSA) is 86.1 Å². The van der Waals surface area contributed by atoms with E-state index in [1.54, 1.807) is 28.9 Å². The molecule has 0 unspecified atom stereocenters. The van der Waals surface area contributed by atoms with Crippen LogP contribution in [0, 0.1) is 13.8 Å². The molecule has 150 valence electrons. The summed E-state index contributed by atoms with van der Waals surface area (Å²) in [6.45, 7) is 3.86. The maximum absolute atomic E-state index is 12.8. The van der Waals surface area contributed by atoms with E-state index in [2.05, 4.69) is 10.4 Å². The first kappa shape index (κ1) is 19.3. The molecule has 7 heteroatoms. The number of carbonyl (C=O) groups is 2. The molecular weight excluding hydrogens is 380 g/mol. The van der Waals surface area contributed by atoms with Crippen LogP contribution in [0.15, 0.2) is 60.7 Å². The summed E-state index contributed by atoms with van der Waals surface area (Å²) in [6, 6.07) is 17.9. The average molecular weight is 400 g/mol. The van der Waals surface area contributed by atoms with Crippen molar-refractivity contribution in [1.29, 1.82) is 0 Å². The number of nitrogens with one attached hydrogen (secondary N) is 1. The van der Waals surface area contributed by atoms with Gasteiger partial charge in [-0.2, -0.15) is 9.78 Å².